The van der Waals surface area contributed by atoms with E-state index >= 15 is 0 Å². The zero-order chi connectivity index (χ0) is 14.7. The summed E-state index contributed by atoms with van der Waals surface area (Å²) in [4.78, 5) is 18.5. The van der Waals surface area contributed by atoms with E-state index < -0.39 is 0 Å². The van der Waals surface area contributed by atoms with Crippen LogP contribution in [0.2, 0.25) is 0 Å². The molecule has 4 nitrogen and oxygen atoms in total. The highest BCUT2D eigenvalue weighted by molar-refractivity contribution is 5.92. The molecule has 1 amide bonds. The van der Waals surface area contributed by atoms with Crippen LogP contribution < -0.4 is 5.73 Å². The van der Waals surface area contributed by atoms with Gasteiger partial charge in [-0.1, -0.05) is 24.3 Å². The summed E-state index contributed by atoms with van der Waals surface area (Å²) in [7, 11) is 0. The molecule has 3 rings (SSSR count). The minimum atomic E-state index is 0.0140. The molecule has 2 N–H and O–H groups in total. The lowest BCUT2D eigenvalue weighted by Gasteiger charge is -2.29. The van der Waals surface area contributed by atoms with Gasteiger partial charge >= 0.3 is 0 Å². The van der Waals surface area contributed by atoms with Gasteiger partial charge in [-0.15, -0.1) is 0 Å². The first kappa shape index (κ1) is 13.8. The van der Waals surface area contributed by atoms with E-state index in [-0.39, 0.29) is 11.9 Å². The summed E-state index contributed by atoms with van der Waals surface area (Å²) in [5.41, 5.74) is 7.63. The molecule has 0 aliphatic carbocycles. The van der Waals surface area contributed by atoms with Crippen molar-refractivity contribution in [1.82, 2.24) is 9.88 Å². The van der Waals surface area contributed by atoms with E-state index in [0.29, 0.717) is 6.54 Å². The molecular weight excluding hydrogens is 262 g/mol. The van der Waals surface area contributed by atoms with E-state index in [1.165, 1.54) is 0 Å². The van der Waals surface area contributed by atoms with Gasteiger partial charge in [0, 0.05) is 30.6 Å². The lowest BCUT2D eigenvalue weighted by atomic mass is 10.1. The van der Waals surface area contributed by atoms with Gasteiger partial charge in [0.05, 0.1) is 11.2 Å². The van der Waals surface area contributed by atoms with Crippen molar-refractivity contribution in [1.29, 1.82) is 0 Å². The summed E-state index contributed by atoms with van der Waals surface area (Å²) in [5.74, 6) is 0.0140. The van der Waals surface area contributed by atoms with Crippen molar-refractivity contribution in [2.24, 2.45) is 5.73 Å². The van der Waals surface area contributed by atoms with Crippen LogP contribution in [0.3, 0.4) is 0 Å². The maximum absolute atomic E-state index is 12.1. The molecule has 0 saturated carbocycles. The average molecular weight is 281 g/mol. The quantitative estimate of drug-likeness (QED) is 0.858. The number of piperidine rings is 1. The molecule has 4 heteroatoms. The van der Waals surface area contributed by atoms with Gasteiger partial charge < -0.3 is 10.6 Å². The van der Waals surface area contributed by atoms with Crippen LogP contribution in [-0.2, 0) is 4.79 Å². The second kappa shape index (κ2) is 6.06. The Morgan fingerprint density at radius 3 is 3.00 bits per heavy atom. The number of pyridine rings is 1. The Kier molecular flexibility index (Phi) is 3.97. The van der Waals surface area contributed by atoms with E-state index in [2.05, 4.69) is 4.98 Å². The fourth-order valence-corrected chi connectivity index (χ4v) is 2.65. The van der Waals surface area contributed by atoms with Crippen molar-refractivity contribution in [2.45, 2.75) is 18.9 Å². The summed E-state index contributed by atoms with van der Waals surface area (Å²) in [5, 5.41) is 1.10. The van der Waals surface area contributed by atoms with Crippen molar-refractivity contribution in [3.63, 3.8) is 0 Å². The number of nitrogens with two attached hydrogens (primary N) is 1. The predicted molar refractivity (Wildman–Crippen MR) is 84.6 cm³/mol. The van der Waals surface area contributed by atoms with Crippen LogP contribution in [0.4, 0.5) is 0 Å². The maximum atomic E-state index is 12.1. The Morgan fingerprint density at radius 2 is 2.14 bits per heavy atom. The largest absolute Gasteiger partial charge is 0.338 e. The molecule has 1 aliphatic rings. The van der Waals surface area contributed by atoms with E-state index in [1.807, 2.05) is 41.3 Å². The Balaban J connectivity index is 1.73. The predicted octanol–water partition coefficient (Wildman–Crippen LogP) is 2.20. The highest BCUT2D eigenvalue weighted by Crippen LogP contribution is 2.13. The highest BCUT2D eigenvalue weighted by atomic mass is 16.2. The van der Waals surface area contributed by atoms with Crippen molar-refractivity contribution in [3.8, 4) is 0 Å². The van der Waals surface area contributed by atoms with Gasteiger partial charge in [0.25, 0.3) is 0 Å². The standard InChI is InChI=1S/C17H19N3O/c18-14-5-3-11-20(12-14)17(21)10-9-15-8-7-13-4-1-2-6-16(13)19-15/h1-2,4,6-10,14H,3,5,11-12,18H2/b10-9+/t14-/m0/s1. The topological polar surface area (TPSA) is 59.2 Å². The second-order valence-electron chi connectivity index (χ2n) is 5.45. The van der Waals surface area contributed by atoms with Crippen LogP contribution in [-0.4, -0.2) is 34.9 Å². The first-order valence-corrected chi connectivity index (χ1v) is 7.31. The second-order valence-corrected chi connectivity index (χ2v) is 5.45. The third-order valence-electron chi connectivity index (χ3n) is 3.79. The zero-order valence-electron chi connectivity index (χ0n) is 11.9. The zero-order valence-corrected chi connectivity index (χ0v) is 11.9. The first-order valence-electron chi connectivity index (χ1n) is 7.31. The molecule has 0 bridgehead atoms. The molecule has 0 unspecified atom stereocenters. The van der Waals surface area contributed by atoms with Gasteiger partial charge in [-0.25, -0.2) is 4.98 Å². The number of hydrogen-bond donors (Lipinski definition) is 1. The molecule has 0 radical (unpaired) electrons. The number of benzene rings is 1. The summed E-state index contributed by atoms with van der Waals surface area (Å²) in [6.07, 6.45) is 5.35. The summed E-state index contributed by atoms with van der Waals surface area (Å²) in [6, 6.07) is 12.0. The molecule has 0 spiro atoms. The van der Waals surface area contributed by atoms with Crippen molar-refractivity contribution in [3.05, 3.63) is 48.2 Å². The number of hydrogen-bond acceptors (Lipinski definition) is 3. The number of carbonyl (C=O) groups excluding carboxylic acids is 1. The van der Waals surface area contributed by atoms with Crippen LogP contribution in [0.5, 0.6) is 0 Å². The van der Waals surface area contributed by atoms with Gasteiger partial charge in [-0.3, -0.25) is 4.79 Å². The fourth-order valence-electron chi connectivity index (χ4n) is 2.65. The summed E-state index contributed by atoms with van der Waals surface area (Å²) >= 11 is 0. The molecule has 1 aliphatic heterocycles. The number of carbonyl (C=O) groups is 1. The van der Waals surface area contributed by atoms with Gasteiger partial charge in [-0.2, -0.15) is 0 Å². The van der Waals surface area contributed by atoms with Gasteiger partial charge in [0.2, 0.25) is 5.91 Å². The number of likely N-dealkylation sites (tertiary alicyclic amines) is 1. The molecule has 1 aromatic carbocycles. The molecule has 21 heavy (non-hydrogen) atoms. The number of fused-ring (bicyclic) bond motifs is 1. The van der Waals surface area contributed by atoms with Crippen molar-refractivity contribution >= 4 is 22.9 Å². The van der Waals surface area contributed by atoms with E-state index in [1.54, 1.807) is 12.2 Å². The van der Waals surface area contributed by atoms with Crippen molar-refractivity contribution < 1.29 is 4.79 Å². The molecule has 2 heterocycles. The highest BCUT2D eigenvalue weighted by Gasteiger charge is 2.19. The number of para-hydroxylation sites is 1. The minimum Gasteiger partial charge on any atom is -0.338 e. The van der Waals surface area contributed by atoms with E-state index in [4.69, 9.17) is 5.73 Å². The van der Waals surface area contributed by atoms with Crippen LogP contribution in [0, 0.1) is 0 Å². The number of rotatable bonds is 2. The smallest absolute Gasteiger partial charge is 0.246 e. The normalized spacial score (nSPS) is 19.3. The van der Waals surface area contributed by atoms with Gasteiger partial charge in [-0.05, 0) is 31.1 Å². The molecule has 2 aromatic rings. The lowest BCUT2D eigenvalue weighted by molar-refractivity contribution is -0.127. The Labute approximate surface area is 124 Å². The Hall–Kier alpha value is -2.20. The van der Waals surface area contributed by atoms with Crippen LogP contribution in [0.25, 0.3) is 17.0 Å². The Morgan fingerprint density at radius 1 is 1.29 bits per heavy atom. The number of amides is 1. The lowest BCUT2D eigenvalue weighted by Crippen LogP contribution is -2.45. The fraction of sp³-hybridized carbons (Fsp3) is 0.294. The number of nitrogens with zero attached hydrogens (tertiary/aromatic N) is 2. The average Bonchev–Trinajstić information content (AvgIpc) is 2.52. The van der Waals surface area contributed by atoms with Crippen molar-refractivity contribution in [2.75, 3.05) is 13.1 Å². The molecule has 108 valence electrons. The van der Waals surface area contributed by atoms with Gasteiger partial charge in [0.15, 0.2) is 0 Å². The third-order valence-corrected chi connectivity index (χ3v) is 3.79. The molecular formula is C17H19N3O. The minimum absolute atomic E-state index is 0.0140. The van der Waals surface area contributed by atoms with E-state index in [0.717, 1.165) is 36.0 Å². The molecule has 1 aromatic heterocycles. The van der Waals surface area contributed by atoms with E-state index in [9.17, 15) is 4.79 Å². The van der Waals surface area contributed by atoms with Crippen LogP contribution >= 0.6 is 0 Å². The summed E-state index contributed by atoms with van der Waals surface area (Å²) in [6.45, 7) is 1.44. The Bertz CT molecular complexity index is 681. The molecule has 1 fully saturated rings. The molecule has 1 atom stereocenters. The first-order chi connectivity index (χ1) is 10.2. The SMILES string of the molecule is N[C@H]1CCCN(C(=O)/C=C/c2ccc3ccccc3n2)C1. The van der Waals surface area contributed by atoms with Crippen LogP contribution in [0.15, 0.2) is 42.5 Å². The molecule has 1 saturated heterocycles. The summed E-state index contributed by atoms with van der Waals surface area (Å²) < 4.78 is 0. The van der Waals surface area contributed by atoms with Crippen LogP contribution in [0.1, 0.15) is 18.5 Å². The monoisotopic (exact) mass is 281 g/mol. The maximum Gasteiger partial charge on any atom is 0.246 e. The third kappa shape index (κ3) is 3.28. The number of aromatic nitrogens is 1. The van der Waals surface area contributed by atoms with Gasteiger partial charge in [0.1, 0.15) is 0 Å².